The number of alkyl halides is 1. The molecule has 0 spiro atoms. The second kappa shape index (κ2) is 5.66. The standard InChI is InChI=1S/C11H12Br2O/c1-2-8-4-3-5-9(13)11(8)10(14)6-7-12/h3-5H,2,6-7H2,1H3. The van der Waals surface area contributed by atoms with Crippen LogP contribution in [0.2, 0.25) is 0 Å². The smallest absolute Gasteiger partial charge is 0.165 e. The molecular weight excluding hydrogens is 308 g/mol. The van der Waals surface area contributed by atoms with E-state index >= 15 is 0 Å². The second-order valence-corrected chi connectivity index (χ2v) is 4.64. The molecule has 76 valence electrons. The van der Waals surface area contributed by atoms with E-state index in [-0.39, 0.29) is 5.78 Å². The van der Waals surface area contributed by atoms with Crippen LogP contribution >= 0.6 is 31.9 Å². The summed E-state index contributed by atoms with van der Waals surface area (Å²) in [4.78, 5) is 11.8. The zero-order valence-electron chi connectivity index (χ0n) is 8.02. The maximum absolute atomic E-state index is 11.8. The number of Topliss-reactive ketones (excluding diaryl/α,β-unsaturated/α-hetero) is 1. The Morgan fingerprint density at radius 3 is 2.71 bits per heavy atom. The average Bonchev–Trinajstić information content (AvgIpc) is 2.17. The molecule has 1 rings (SSSR count). The Balaban J connectivity index is 3.10. The number of carbonyl (C=O) groups is 1. The van der Waals surface area contributed by atoms with Gasteiger partial charge >= 0.3 is 0 Å². The summed E-state index contributed by atoms with van der Waals surface area (Å²) in [6.07, 6.45) is 1.44. The predicted octanol–water partition coefficient (Wildman–Crippen LogP) is 3.98. The summed E-state index contributed by atoms with van der Waals surface area (Å²) in [7, 11) is 0. The number of halogens is 2. The number of hydrogen-bond donors (Lipinski definition) is 0. The highest BCUT2D eigenvalue weighted by Gasteiger charge is 2.12. The molecule has 0 aliphatic rings. The number of hydrogen-bond acceptors (Lipinski definition) is 1. The first-order valence-corrected chi connectivity index (χ1v) is 6.48. The Morgan fingerprint density at radius 2 is 2.14 bits per heavy atom. The van der Waals surface area contributed by atoms with Crippen LogP contribution in [-0.2, 0) is 6.42 Å². The van der Waals surface area contributed by atoms with Gasteiger partial charge in [0.25, 0.3) is 0 Å². The number of rotatable bonds is 4. The molecule has 3 heteroatoms. The van der Waals surface area contributed by atoms with Crippen molar-refractivity contribution in [3.63, 3.8) is 0 Å². The van der Waals surface area contributed by atoms with E-state index in [1.807, 2.05) is 18.2 Å². The van der Waals surface area contributed by atoms with Crippen LogP contribution in [0.25, 0.3) is 0 Å². The topological polar surface area (TPSA) is 17.1 Å². The third-order valence-electron chi connectivity index (χ3n) is 2.08. The molecule has 14 heavy (non-hydrogen) atoms. The summed E-state index contributed by atoms with van der Waals surface area (Å²) in [5, 5.41) is 0.719. The van der Waals surface area contributed by atoms with Gasteiger partial charge in [-0.25, -0.2) is 0 Å². The fourth-order valence-electron chi connectivity index (χ4n) is 1.39. The van der Waals surface area contributed by atoms with Gasteiger partial charge in [-0.3, -0.25) is 4.79 Å². The molecule has 0 radical (unpaired) electrons. The molecule has 0 aliphatic heterocycles. The number of ketones is 1. The van der Waals surface area contributed by atoms with Crippen molar-refractivity contribution < 1.29 is 4.79 Å². The molecule has 0 N–H and O–H groups in total. The van der Waals surface area contributed by atoms with Crippen LogP contribution in [-0.4, -0.2) is 11.1 Å². The monoisotopic (exact) mass is 318 g/mol. The normalized spacial score (nSPS) is 10.2. The molecular formula is C11H12Br2O. The van der Waals surface area contributed by atoms with E-state index in [2.05, 4.69) is 38.8 Å². The SMILES string of the molecule is CCc1cccc(Br)c1C(=O)CCBr. The van der Waals surface area contributed by atoms with Crippen molar-refractivity contribution in [2.75, 3.05) is 5.33 Å². The van der Waals surface area contributed by atoms with Crippen molar-refractivity contribution in [2.24, 2.45) is 0 Å². The van der Waals surface area contributed by atoms with Crippen LogP contribution in [0.3, 0.4) is 0 Å². The van der Waals surface area contributed by atoms with Crippen molar-refractivity contribution in [1.29, 1.82) is 0 Å². The van der Waals surface area contributed by atoms with Gasteiger partial charge in [0.15, 0.2) is 5.78 Å². The van der Waals surface area contributed by atoms with E-state index in [9.17, 15) is 4.79 Å². The molecule has 0 aliphatic carbocycles. The molecule has 0 saturated carbocycles. The lowest BCUT2D eigenvalue weighted by molar-refractivity contribution is 0.0988. The summed E-state index contributed by atoms with van der Waals surface area (Å²) in [6, 6.07) is 5.89. The van der Waals surface area contributed by atoms with Crippen LogP contribution in [0.5, 0.6) is 0 Å². The molecule has 0 saturated heterocycles. The molecule has 0 fully saturated rings. The Labute approximate surface area is 101 Å². The maximum atomic E-state index is 11.8. The van der Waals surface area contributed by atoms with Gasteiger partial charge in [0.1, 0.15) is 0 Å². The van der Waals surface area contributed by atoms with Gasteiger partial charge in [0.2, 0.25) is 0 Å². The zero-order chi connectivity index (χ0) is 10.6. The average molecular weight is 320 g/mol. The van der Waals surface area contributed by atoms with E-state index in [1.54, 1.807) is 0 Å². The van der Waals surface area contributed by atoms with Gasteiger partial charge < -0.3 is 0 Å². The van der Waals surface area contributed by atoms with Gasteiger partial charge in [-0.05, 0) is 18.1 Å². The Hall–Kier alpha value is -0.150. The van der Waals surface area contributed by atoms with E-state index in [0.717, 1.165) is 27.4 Å². The van der Waals surface area contributed by atoms with Crippen molar-refractivity contribution in [1.82, 2.24) is 0 Å². The maximum Gasteiger partial charge on any atom is 0.165 e. The highest BCUT2D eigenvalue weighted by atomic mass is 79.9. The van der Waals surface area contributed by atoms with Crippen molar-refractivity contribution in [2.45, 2.75) is 19.8 Å². The van der Waals surface area contributed by atoms with Crippen LogP contribution in [0.15, 0.2) is 22.7 Å². The number of benzene rings is 1. The van der Waals surface area contributed by atoms with Crippen molar-refractivity contribution in [3.8, 4) is 0 Å². The molecule has 0 bridgehead atoms. The molecule has 0 heterocycles. The summed E-state index contributed by atoms with van der Waals surface area (Å²) < 4.78 is 0.905. The van der Waals surface area contributed by atoms with E-state index in [4.69, 9.17) is 0 Å². The van der Waals surface area contributed by atoms with Crippen molar-refractivity contribution >= 4 is 37.6 Å². The molecule has 1 aromatic carbocycles. The number of aryl methyl sites for hydroxylation is 1. The molecule has 0 amide bonds. The minimum Gasteiger partial charge on any atom is -0.294 e. The van der Waals surface area contributed by atoms with E-state index < -0.39 is 0 Å². The number of carbonyl (C=O) groups excluding carboxylic acids is 1. The second-order valence-electron chi connectivity index (χ2n) is 2.99. The summed E-state index contributed by atoms with van der Waals surface area (Å²) >= 11 is 6.70. The van der Waals surface area contributed by atoms with Gasteiger partial charge in [-0.2, -0.15) is 0 Å². The van der Waals surface area contributed by atoms with Crippen molar-refractivity contribution in [3.05, 3.63) is 33.8 Å². The first-order valence-electron chi connectivity index (χ1n) is 4.57. The van der Waals surface area contributed by atoms with Gasteiger partial charge in [-0.1, -0.05) is 50.9 Å². The first-order chi connectivity index (χ1) is 6.70. The van der Waals surface area contributed by atoms with Crippen LogP contribution in [0.4, 0.5) is 0 Å². The first kappa shape index (κ1) is 11.9. The lowest BCUT2D eigenvalue weighted by Gasteiger charge is -2.07. The Kier molecular flexibility index (Phi) is 4.82. The third-order valence-corrected chi connectivity index (χ3v) is 3.14. The van der Waals surface area contributed by atoms with Gasteiger partial charge in [-0.15, -0.1) is 0 Å². The van der Waals surface area contributed by atoms with Crippen LogP contribution in [0, 0.1) is 0 Å². The summed E-state index contributed by atoms with van der Waals surface area (Å²) in [6.45, 7) is 2.06. The van der Waals surface area contributed by atoms with Crippen LogP contribution in [0.1, 0.15) is 29.3 Å². The van der Waals surface area contributed by atoms with Gasteiger partial charge in [0, 0.05) is 21.8 Å². The summed E-state index contributed by atoms with van der Waals surface area (Å²) in [5.41, 5.74) is 1.96. The predicted molar refractivity (Wildman–Crippen MR) is 66.3 cm³/mol. The molecule has 0 atom stereocenters. The zero-order valence-corrected chi connectivity index (χ0v) is 11.2. The minimum absolute atomic E-state index is 0.200. The Bertz CT molecular complexity index is 334. The lowest BCUT2D eigenvalue weighted by atomic mass is 10.0. The Morgan fingerprint density at radius 1 is 1.43 bits per heavy atom. The minimum atomic E-state index is 0.200. The molecule has 0 unspecified atom stereocenters. The quantitative estimate of drug-likeness (QED) is 0.606. The third kappa shape index (κ3) is 2.67. The highest BCUT2D eigenvalue weighted by Crippen LogP contribution is 2.22. The fourth-order valence-corrected chi connectivity index (χ4v) is 2.38. The largest absolute Gasteiger partial charge is 0.294 e. The van der Waals surface area contributed by atoms with E-state index in [0.29, 0.717) is 6.42 Å². The fraction of sp³-hybridized carbons (Fsp3) is 0.364. The van der Waals surface area contributed by atoms with Crippen LogP contribution < -0.4 is 0 Å². The summed E-state index contributed by atoms with van der Waals surface area (Å²) in [5.74, 6) is 0.200. The van der Waals surface area contributed by atoms with Gasteiger partial charge in [0.05, 0.1) is 0 Å². The molecule has 1 nitrogen and oxygen atoms in total. The molecule has 1 aromatic rings. The van der Waals surface area contributed by atoms with E-state index in [1.165, 1.54) is 0 Å². The highest BCUT2D eigenvalue weighted by molar-refractivity contribution is 9.10. The lowest BCUT2D eigenvalue weighted by Crippen LogP contribution is -2.05. The molecule has 0 aromatic heterocycles.